The molecule has 0 fully saturated rings. The molecule has 0 spiro atoms. The Balaban J connectivity index is 2.06. The minimum atomic E-state index is 0.0433. The number of benzene rings is 1. The lowest BCUT2D eigenvalue weighted by Crippen LogP contribution is -2.28. The number of thiophene rings is 1. The van der Waals surface area contributed by atoms with E-state index in [9.17, 15) is 4.79 Å². The second kappa shape index (κ2) is 6.23. The molecule has 0 radical (unpaired) electrons. The Hall–Kier alpha value is -1.61. The van der Waals surface area contributed by atoms with E-state index >= 15 is 0 Å². The molecular formula is C17H21NOS. The first-order chi connectivity index (χ1) is 9.47. The van der Waals surface area contributed by atoms with E-state index in [4.69, 9.17) is 0 Å². The van der Waals surface area contributed by atoms with E-state index in [1.54, 1.807) is 11.3 Å². The summed E-state index contributed by atoms with van der Waals surface area (Å²) >= 11 is 1.62. The Morgan fingerprint density at radius 1 is 1.20 bits per heavy atom. The van der Waals surface area contributed by atoms with Gasteiger partial charge in [-0.3, -0.25) is 4.79 Å². The lowest BCUT2D eigenvalue weighted by Gasteiger charge is -2.18. The summed E-state index contributed by atoms with van der Waals surface area (Å²) < 4.78 is 0. The second-order valence-electron chi connectivity index (χ2n) is 5.34. The van der Waals surface area contributed by atoms with Gasteiger partial charge in [0.2, 0.25) is 5.91 Å². The van der Waals surface area contributed by atoms with Crippen molar-refractivity contribution in [2.75, 3.05) is 0 Å². The van der Waals surface area contributed by atoms with E-state index in [0.29, 0.717) is 6.42 Å². The standard InChI is InChI=1S/C17H21NOS/c1-11-8-13(3)16(9-12(11)2)14(4)18-17(19)10-15-6-5-7-20-15/h5-9,14H,10H2,1-4H3,(H,18,19)/t14-/m1/s1. The van der Waals surface area contributed by atoms with E-state index in [0.717, 1.165) is 4.88 Å². The van der Waals surface area contributed by atoms with Gasteiger partial charge in [0.25, 0.3) is 0 Å². The number of carbonyl (C=O) groups excluding carboxylic acids is 1. The first-order valence-electron chi connectivity index (χ1n) is 6.87. The van der Waals surface area contributed by atoms with E-state index in [1.807, 2.05) is 24.4 Å². The van der Waals surface area contributed by atoms with Crippen molar-refractivity contribution < 1.29 is 4.79 Å². The third-order valence-corrected chi connectivity index (χ3v) is 4.52. The monoisotopic (exact) mass is 287 g/mol. The first kappa shape index (κ1) is 14.8. The summed E-state index contributed by atoms with van der Waals surface area (Å²) in [6.45, 7) is 8.37. The van der Waals surface area contributed by atoms with Gasteiger partial charge in [-0.2, -0.15) is 0 Å². The van der Waals surface area contributed by atoms with Crippen LogP contribution < -0.4 is 5.32 Å². The van der Waals surface area contributed by atoms with Crippen molar-refractivity contribution in [1.82, 2.24) is 5.32 Å². The molecule has 1 heterocycles. The number of hydrogen-bond donors (Lipinski definition) is 1. The fraction of sp³-hybridized carbons (Fsp3) is 0.353. The van der Waals surface area contributed by atoms with Crippen molar-refractivity contribution in [1.29, 1.82) is 0 Å². The average Bonchev–Trinajstić information content (AvgIpc) is 2.86. The van der Waals surface area contributed by atoms with Gasteiger partial charge in [0.1, 0.15) is 0 Å². The van der Waals surface area contributed by atoms with Crippen LogP contribution in [-0.2, 0) is 11.2 Å². The van der Waals surface area contributed by atoms with Crippen molar-refractivity contribution in [2.24, 2.45) is 0 Å². The molecule has 0 unspecified atom stereocenters. The van der Waals surface area contributed by atoms with Gasteiger partial charge < -0.3 is 5.32 Å². The quantitative estimate of drug-likeness (QED) is 0.901. The van der Waals surface area contributed by atoms with Crippen LogP contribution in [0.1, 0.15) is 40.1 Å². The van der Waals surface area contributed by atoms with Gasteiger partial charge in [-0.1, -0.05) is 18.2 Å². The van der Waals surface area contributed by atoms with Crippen LogP contribution in [0.3, 0.4) is 0 Å². The minimum Gasteiger partial charge on any atom is -0.349 e. The fourth-order valence-electron chi connectivity index (χ4n) is 2.39. The molecule has 1 aromatic heterocycles. The van der Waals surface area contributed by atoms with Crippen molar-refractivity contribution in [2.45, 2.75) is 40.2 Å². The zero-order valence-corrected chi connectivity index (χ0v) is 13.3. The summed E-state index contributed by atoms with van der Waals surface area (Å²) in [6.07, 6.45) is 0.464. The average molecular weight is 287 g/mol. The molecular weight excluding hydrogens is 266 g/mol. The Morgan fingerprint density at radius 3 is 2.55 bits per heavy atom. The van der Waals surface area contributed by atoms with Crippen molar-refractivity contribution in [3.8, 4) is 0 Å². The van der Waals surface area contributed by atoms with Crippen molar-refractivity contribution >= 4 is 17.2 Å². The molecule has 1 N–H and O–H groups in total. The van der Waals surface area contributed by atoms with E-state index in [1.165, 1.54) is 22.3 Å². The Labute approximate surface area is 124 Å². The lowest BCUT2D eigenvalue weighted by atomic mass is 9.96. The summed E-state index contributed by atoms with van der Waals surface area (Å²) in [5, 5.41) is 5.09. The summed E-state index contributed by atoms with van der Waals surface area (Å²) in [5.74, 6) is 0.0811. The molecule has 2 rings (SSSR count). The Morgan fingerprint density at radius 2 is 1.90 bits per heavy atom. The smallest absolute Gasteiger partial charge is 0.225 e. The SMILES string of the molecule is Cc1cc(C)c([C@@H](C)NC(=O)Cc2cccs2)cc1C. The molecule has 0 aliphatic carbocycles. The molecule has 0 aliphatic heterocycles. The first-order valence-corrected chi connectivity index (χ1v) is 7.75. The van der Waals surface area contributed by atoms with Gasteiger partial charge in [0.05, 0.1) is 12.5 Å². The second-order valence-corrected chi connectivity index (χ2v) is 6.37. The molecule has 2 aromatic rings. The van der Waals surface area contributed by atoms with Gasteiger partial charge in [-0.05, 0) is 61.4 Å². The van der Waals surface area contributed by atoms with Crippen LogP contribution in [0.2, 0.25) is 0 Å². The number of aryl methyl sites for hydroxylation is 3. The highest BCUT2D eigenvalue weighted by atomic mass is 32.1. The summed E-state index contributed by atoms with van der Waals surface area (Å²) in [4.78, 5) is 13.2. The van der Waals surface area contributed by atoms with Gasteiger partial charge in [0, 0.05) is 4.88 Å². The maximum atomic E-state index is 12.1. The lowest BCUT2D eigenvalue weighted by molar-refractivity contribution is -0.121. The third kappa shape index (κ3) is 3.48. The Kier molecular flexibility index (Phi) is 4.61. The van der Waals surface area contributed by atoms with Gasteiger partial charge >= 0.3 is 0 Å². The molecule has 2 nitrogen and oxygen atoms in total. The predicted molar refractivity (Wildman–Crippen MR) is 85.2 cm³/mol. The van der Waals surface area contributed by atoms with Crippen LogP contribution in [0.15, 0.2) is 29.6 Å². The molecule has 20 heavy (non-hydrogen) atoms. The highest BCUT2D eigenvalue weighted by Gasteiger charge is 2.13. The highest BCUT2D eigenvalue weighted by molar-refractivity contribution is 7.10. The normalized spacial score (nSPS) is 12.2. The molecule has 3 heteroatoms. The van der Waals surface area contributed by atoms with Crippen LogP contribution in [0.4, 0.5) is 0 Å². The van der Waals surface area contributed by atoms with Gasteiger partial charge in [-0.25, -0.2) is 0 Å². The number of carbonyl (C=O) groups is 1. The molecule has 0 saturated heterocycles. The van der Waals surface area contributed by atoms with Gasteiger partial charge in [-0.15, -0.1) is 11.3 Å². The zero-order valence-electron chi connectivity index (χ0n) is 12.5. The molecule has 0 saturated carbocycles. The number of amides is 1. The number of rotatable bonds is 4. The van der Waals surface area contributed by atoms with Crippen molar-refractivity contribution in [3.05, 3.63) is 56.8 Å². The van der Waals surface area contributed by atoms with Crippen LogP contribution in [-0.4, -0.2) is 5.91 Å². The van der Waals surface area contributed by atoms with Crippen LogP contribution in [0.5, 0.6) is 0 Å². The van der Waals surface area contributed by atoms with E-state index < -0.39 is 0 Å². The summed E-state index contributed by atoms with van der Waals surface area (Å²) in [5.41, 5.74) is 5.00. The van der Waals surface area contributed by atoms with Crippen molar-refractivity contribution in [3.63, 3.8) is 0 Å². The highest BCUT2D eigenvalue weighted by Crippen LogP contribution is 2.21. The maximum Gasteiger partial charge on any atom is 0.225 e. The Bertz CT molecular complexity index is 602. The molecule has 1 atom stereocenters. The largest absolute Gasteiger partial charge is 0.349 e. The van der Waals surface area contributed by atoms with E-state index in [-0.39, 0.29) is 11.9 Å². The van der Waals surface area contributed by atoms with Crippen LogP contribution >= 0.6 is 11.3 Å². The molecule has 106 valence electrons. The molecule has 0 bridgehead atoms. The zero-order chi connectivity index (χ0) is 14.7. The predicted octanol–water partition coefficient (Wildman–Crippen LogP) is 4.09. The number of hydrogen-bond acceptors (Lipinski definition) is 2. The topological polar surface area (TPSA) is 29.1 Å². The maximum absolute atomic E-state index is 12.1. The van der Waals surface area contributed by atoms with Crippen LogP contribution in [0.25, 0.3) is 0 Å². The third-order valence-electron chi connectivity index (χ3n) is 3.64. The fourth-order valence-corrected chi connectivity index (χ4v) is 3.09. The minimum absolute atomic E-state index is 0.0433. The molecule has 1 amide bonds. The number of nitrogens with one attached hydrogen (secondary N) is 1. The molecule has 0 aliphatic rings. The molecule has 1 aromatic carbocycles. The van der Waals surface area contributed by atoms with Gasteiger partial charge in [0.15, 0.2) is 0 Å². The van der Waals surface area contributed by atoms with Crippen LogP contribution in [0, 0.1) is 20.8 Å². The summed E-state index contributed by atoms with van der Waals surface area (Å²) in [7, 11) is 0. The summed E-state index contributed by atoms with van der Waals surface area (Å²) in [6, 6.07) is 8.38. The van der Waals surface area contributed by atoms with E-state index in [2.05, 4.69) is 38.2 Å².